The molecule has 102 valence electrons. The molecule has 2 N–H and O–H groups in total. The second-order valence-corrected chi connectivity index (χ2v) is 4.71. The lowest BCUT2D eigenvalue weighted by atomic mass is 10.2. The summed E-state index contributed by atoms with van der Waals surface area (Å²) in [6.07, 6.45) is 1.30. The third kappa shape index (κ3) is 4.10. The van der Waals surface area contributed by atoms with Gasteiger partial charge in [-0.15, -0.1) is 0 Å². The number of ether oxygens (including phenoxy) is 1. The quantitative estimate of drug-likeness (QED) is 0.779. The molecular formula is C13H22N2O3. The van der Waals surface area contributed by atoms with Crippen LogP contribution in [-0.2, 0) is 4.74 Å². The van der Waals surface area contributed by atoms with E-state index < -0.39 is 0 Å². The predicted octanol–water partition coefficient (Wildman–Crippen LogP) is 0.623. The summed E-state index contributed by atoms with van der Waals surface area (Å²) in [4.78, 5) is 2.23. The maximum absolute atomic E-state index is 9.97. The Bertz CT molecular complexity index is 323. The number of hydrogen-bond donors (Lipinski definition) is 2. The van der Waals surface area contributed by atoms with Gasteiger partial charge >= 0.3 is 0 Å². The van der Waals surface area contributed by atoms with Crippen LogP contribution in [0.4, 0.5) is 0 Å². The summed E-state index contributed by atoms with van der Waals surface area (Å²) in [6, 6.07) is 3.93. The van der Waals surface area contributed by atoms with E-state index in [2.05, 4.69) is 10.2 Å². The summed E-state index contributed by atoms with van der Waals surface area (Å²) in [7, 11) is 0. The fraction of sp³-hybridized carbons (Fsp3) is 0.692. The Morgan fingerprint density at radius 1 is 1.44 bits per heavy atom. The lowest BCUT2D eigenvalue weighted by Crippen LogP contribution is -2.44. The molecule has 2 rings (SSSR count). The summed E-state index contributed by atoms with van der Waals surface area (Å²) in [6.45, 7) is 6.64. The molecule has 1 aromatic heterocycles. The van der Waals surface area contributed by atoms with Gasteiger partial charge in [-0.05, 0) is 19.1 Å². The SMILES string of the molecule is C[C@H](NCC(O)CN1CCOCC1)c1ccco1. The smallest absolute Gasteiger partial charge is 0.120 e. The molecule has 18 heavy (non-hydrogen) atoms. The Morgan fingerprint density at radius 3 is 2.89 bits per heavy atom. The number of aliphatic hydroxyl groups is 1. The highest BCUT2D eigenvalue weighted by atomic mass is 16.5. The highest BCUT2D eigenvalue weighted by Crippen LogP contribution is 2.11. The normalized spacial score (nSPS) is 20.8. The lowest BCUT2D eigenvalue weighted by molar-refractivity contribution is 0.0144. The van der Waals surface area contributed by atoms with Crippen LogP contribution in [0.15, 0.2) is 22.8 Å². The van der Waals surface area contributed by atoms with E-state index in [0.717, 1.165) is 32.1 Å². The van der Waals surface area contributed by atoms with Crippen molar-refractivity contribution in [1.29, 1.82) is 0 Å². The molecule has 5 heteroatoms. The second kappa shape index (κ2) is 6.89. The minimum Gasteiger partial charge on any atom is -0.468 e. The second-order valence-electron chi connectivity index (χ2n) is 4.71. The van der Waals surface area contributed by atoms with Crippen LogP contribution in [0.3, 0.4) is 0 Å². The molecule has 1 fully saturated rings. The van der Waals surface area contributed by atoms with Gasteiger partial charge in [-0.2, -0.15) is 0 Å². The molecule has 0 radical (unpaired) electrons. The van der Waals surface area contributed by atoms with Crippen molar-refractivity contribution in [1.82, 2.24) is 10.2 Å². The number of hydrogen-bond acceptors (Lipinski definition) is 5. The van der Waals surface area contributed by atoms with Crippen LogP contribution in [-0.4, -0.2) is 55.5 Å². The van der Waals surface area contributed by atoms with Gasteiger partial charge in [-0.25, -0.2) is 0 Å². The van der Waals surface area contributed by atoms with Crippen LogP contribution < -0.4 is 5.32 Å². The topological polar surface area (TPSA) is 57.9 Å². The average Bonchev–Trinajstić information content (AvgIpc) is 2.91. The van der Waals surface area contributed by atoms with Gasteiger partial charge in [-0.3, -0.25) is 4.90 Å². The van der Waals surface area contributed by atoms with Gasteiger partial charge < -0.3 is 19.6 Å². The minimum absolute atomic E-state index is 0.124. The van der Waals surface area contributed by atoms with Crippen LogP contribution in [0.25, 0.3) is 0 Å². The van der Waals surface area contributed by atoms with Gasteiger partial charge in [0.15, 0.2) is 0 Å². The van der Waals surface area contributed by atoms with Crippen LogP contribution in [0, 0.1) is 0 Å². The van der Waals surface area contributed by atoms with E-state index in [0.29, 0.717) is 13.1 Å². The average molecular weight is 254 g/mol. The molecular weight excluding hydrogens is 232 g/mol. The number of furan rings is 1. The van der Waals surface area contributed by atoms with Crippen LogP contribution >= 0.6 is 0 Å². The molecule has 0 bridgehead atoms. The molecule has 1 unspecified atom stereocenters. The zero-order valence-corrected chi connectivity index (χ0v) is 10.8. The van der Waals surface area contributed by atoms with Crippen molar-refractivity contribution in [3.05, 3.63) is 24.2 Å². The third-order valence-electron chi connectivity index (χ3n) is 3.20. The Kier molecular flexibility index (Phi) is 5.19. The molecule has 1 aromatic rings. The molecule has 0 aromatic carbocycles. The zero-order chi connectivity index (χ0) is 12.8. The van der Waals surface area contributed by atoms with Gasteiger partial charge in [0.25, 0.3) is 0 Å². The number of morpholine rings is 1. The Hall–Kier alpha value is -0.880. The predicted molar refractivity (Wildman–Crippen MR) is 68.4 cm³/mol. The summed E-state index contributed by atoms with van der Waals surface area (Å²) < 4.78 is 10.6. The Labute approximate surface area is 108 Å². The first-order valence-electron chi connectivity index (χ1n) is 6.50. The largest absolute Gasteiger partial charge is 0.468 e. The third-order valence-corrected chi connectivity index (χ3v) is 3.20. The molecule has 0 spiro atoms. The van der Waals surface area contributed by atoms with Crippen LogP contribution in [0.5, 0.6) is 0 Å². The monoisotopic (exact) mass is 254 g/mol. The minimum atomic E-state index is -0.361. The van der Waals surface area contributed by atoms with Crippen molar-refractivity contribution >= 4 is 0 Å². The van der Waals surface area contributed by atoms with E-state index in [4.69, 9.17) is 9.15 Å². The molecule has 5 nitrogen and oxygen atoms in total. The first-order chi connectivity index (χ1) is 8.75. The highest BCUT2D eigenvalue weighted by Gasteiger charge is 2.16. The Morgan fingerprint density at radius 2 is 2.22 bits per heavy atom. The molecule has 0 aliphatic carbocycles. The van der Waals surface area contributed by atoms with Gasteiger partial charge in [-0.1, -0.05) is 0 Å². The van der Waals surface area contributed by atoms with E-state index in [-0.39, 0.29) is 12.1 Å². The number of nitrogens with one attached hydrogen (secondary N) is 1. The van der Waals surface area contributed by atoms with Crippen molar-refractivity contribution in [2.75, 3.05) is 39.4 Å². The molecule has 1 saturated heterocycles. The first kappa shape index (κ1) is 13.5. The van der Waals surface area contributed by atoms with Crippen molar-refractivity contribution < 1.29 is 14.3 Å². The molecule has 1 aliphatic heterocycles. The summed E-state index contributed by atoms with van der Waals surface area (Å²) in [5.41, 5.74) is 0. The fourth-order valence-electron chi connectivity index (χ4n) is 2.10. The fourth-order valence-corrected chi connectivity index (χ4v) is 2.10. The molecule has 0 saturated carbocycles. The van der Waals surface area contributed by atoms with Crippen molar-refractivity contribution in [3.8, 4) is 0 Å². The molecule has 2 atom stereocenters. The number of β-amino-alcohol motifs (C(OH)–C–C–N with tert-alkyl or cyclic N) is 1. The molecule has 1 aliphatic rings. The van der Waals surface area contributed by atoms with Gasteiger partial charge in [0.1, 0.15) is 5.76 Å². The summed E-state index contributed by atoms with van der Waals surface area (Å²) >= 11 is 0. The van der Waals surface area contributed by atoms with Crippen molar-refractivity contribution in [3.63, 3.8) is 0 Å². The lowest BCUT2D eigenvalue weighted by Gasteiger charge is -2.28. The molecule has 0 amide bonds. The van der Waals surface area contributed by atoms with Gasteiger partial charge in [0.05, 0.1) is 31.6 Å². The number of rotatable bonds is 6. The van der Waals surface area contributed by atoms with Gasteiger partial charge in [0, 0.05) is 26.2 Å². The maximum Gasteiger partial charge on any atom is 0.120 e. The van der Waals surface area contributed by atoms with Crippen LogP contribution in [0.2, 0.25) is 0 Å². The zero-order valence-electron chi connectivity index (χ0n) is 10.8. The highest BCUT2D eigenvalue weighted by molar-refractivity contribution is 5.02. The van der Waals surface area contributed by atoms with E-state index in [1.54, 1.807) is 6.26 Å². The Balaban J connectivity index is 1.66. The standard InChI is InChI=1S/C13H22N2O3/c1-11(13-3-2-6-18-13)14-9-12(16)10-15-4-7-17-8-5-15/h2-3,6,11-12,14,16H,4-5,7-10H2,1H3/t11-,12?/m0/s1. The summed E-state index contributed by atoms with van der Waals surface area (Å²) in [5.74, 6) is 0.897. The number of aliphatic hydroxyl groups excluding tert-OH is 1. The van der Waals surface area contributed by atoms with E-state index in [1.807, 2.05) is 19.1 Å². The van der Waals surface area contributed by atoms with E-state index in [1.165, 1.54) is 0 Å². The summed E-state index contributed by atoms with van der Waals surface area (Å²) in [5, 5.41) is 13.2. The van der Waals surface area contributed by atoms with E-state index >= 15 is 0 Å². The number of nitrogens with zero attached hydrogens (tertiary/aromatic N) is 1. The van der Waals surface area contributed by atoms with E-state index in [9.17, 15) is 5.11 Å². The maximum atomic E-state index is 9.97. The van der Waals surface area contributed by atoms with Gasteiger partial charge in [0.2, 0.25) is 0 Å². The first-order valence-corrected chi connectivity index (χ1v) is 6.50. The van der Waals surface area contributed by atoms with Crippen LogP contribution in [0.1, 0.15) is 18.7 Å². The van der Waals surface area contributed by atoms with Crippen molar-refractivity contribution in [2.45, 2.75) is 19.1 Å². The van der Waals surface area contributed by atoms with Crippen molar-refractivity contribution in [2.24, 2.45) is 0 Å². The molecule has 2 heterocycles.